The third-order valence-electron chi connectivity index (χ3n) is 0.442. The van der Waals surface area contributed by atoms with Gasteiger partial charge < -0.3 is 4.98 Å². The van der Waals surface area contributed by atoms with Gasteiger partial charge >= 0.3 is 40.5 Å². The second-order valence-electron chi connectivity index (χ2n) is 0.865. The van der Waals surface area contributed by atoms with E-state index in [4.69, 9.17) is 0 Å². The van der Waals surface area contributed by atoms with Gasteiger partial charge in [0.05, 0.1) is 0 Å². The topological polar surface area (TPSA) is 15.8 Å². The van der Waals surface area contributed by atoms with Gasteiger partial charge in [-0.15, -0.1) is 6.20 Å². The van der Waals surface area contributed by atoms with Crippen LogP contribution >= 0.6 is 27.2 Å². The van der Waals surface area contributed by atoms with Crippen molar-refractivity contribution in [2.24, 2.45) is 0 Å². The molecule has 1 N–H and O–H groups in total. The molecule has 0 radical (unpaired) electrons. The van der Waals surface area contributed by atoms with E-state index in [9.17, 15) is 0 Å². The third kappa shape index (κ3) is 6.86. The van der Waals surface area contributed by atoms with Gasteiger partial charge in [0.15, 0.2) is 0 Å². The van der Waals surface area contributed by atoms with Crippen molar-refractivity contribution in [3.05, 3.63) is 24.5 Å². The van der Waals surface area contributed by atoms with E-state index in [2.05, 4.69) is 38.4 Å². The number of hydrogen-bond donors (Lipinski definition) is 1. The van der Waals surface area contributed by atoms with Crippen molar-refractivity contribution in [2.45, 2.75) is 0 Å². The molecule has 0 aliphatic rings. The largest absolute Gasteiger partial charge is 0.484 e. The van der Waals surface area contributed by atoms with Crippen LogP contribution in [0.5, 0.6) is 0 Å². The van der Waals surface area contributed by atoms with Crippen LogP contribution in [0, 0.1) is 6.20 Å². The first-order valence-corrected chi connectivity index (χ1v) is 9.71. The molecule has 0 saturated carbocycles. The molecule has 1 nitrogen and oxygen atoms in total. The van der Waals surface area contributed by atoms with Crippen molar-refractivity contribution in [3.8, 4) is 0 Å². The summed E-state index contributed by atoms with van der Waals surface area (Å²) in [5, 5.41) is 0. The molecular weight excluding hydrogens is 323 g/mol. The number of aromatic amines is 1. The Bertz CT molecular complexity index is 80.9. The van der Waals surface area contributed by atoms with Crippen LogP contribution < -0.4 is 0 Å². The Morgan fingerprint density at radius 1 is 1.50 bits per heavy atom. The van der Waals surface area contributed by atoms with E-state index in [1.807, 2.05) is 18.3 Å². The van der Waals surface area contributed by atoms with E-state index in [0.717, 1.165) is 0 Å². The zero-order valence-electron chi connectivity index (χ0n) is 3.84. The molecule has 1 aromatic rings. The van der Waals surface area contributed by atoms with E-state index in [0.29, 0.717) is 13.2 Å². The summed E-state index contributed by atoms with van der Waals surface area (Å²) in [6.07, 6.45) is 4.56. The fourth-order valence-electron chi connectivity index (χ4n) is 0.241. The molecule has 1 rings (SSSR count). The van der Waals surface area contributed by atoms with Crippen molar-refractivity contribution < 1.29 is 13.2 Å². The van der Waals surface area contributed by atoms with E-state index >= 15 is 0 Å². The molecule has 0 aliphatic carbocycles. The van der Waals surface area contributed by atoms with Gasteiger partial charge in [0, 0.05) is 0 Å². The van der Waals surface area contributed by atoms with Crippen molar-refractivity contribution in [1.29, 1.82) is 0 Å². The van der Waals surface area contributed by atoms with Gasteiger partial charge in [-0.2, -0.15) is 18.3 Å². The Morgan fingerprint density at radius 2 is 2.12 bits per heavy atom. The van der Waals surface area contributed by atoms with Crippen molar-refractivity contribution >= 4 is 27.2 Å². The number of aromatic nitrogens is 1. The monoisotopic (exact) mass is 326 g/mol. The summed E-state index contributed by atoms with van der Waals surface area (Å²) in [6.45, 7) is 0. The predicted molar refractivity (Wildman–Crippen MR) is 37.5 cm³/mol. The van der Waals surface area contributed by atoms with Gasteiger partial charge in [-0.05, 0) is 0 Å². The average molecular weight is 327 g/mol. The third-order valence-corrected chi connectivity index (χ3v) is 0.442. The maximum absolute atomic E-state index is 3.15. The van der Waals surface area contributed by atoms with Crippen LogP contribution in [-0.4, -0.2) is 4.98 Å². The first-order chi connectivity index (χ1) is 3.91. The SMILES string of the molecule is [Br][Ru][Br].[c-]1ccc[nH]1. The summed E-state index contributed by atoms with van der Waals surface area (Å²) in [6, 6.07) is 3.71. The first-order valence-electron chi connectivity index (χ1n) is 1.76. The van der Waals surface area contributed by atoms with Gasteiger partial charge in [-0.3, -0.25) is 0 Å². The van der Waals surface area contributed by atoms with Crippen LogP contribution in [0.25, 0.3) is 0 Å². The van der Waals surface area contributed by atoms with E-state index in [1.54, 1.807) is 0 Å². The van der Waals surface area contributed by atoms with Crippen molar-refractivity contribution in [2.75, 3.05) is 0 Å². The van der Waals surface area contributed by atoms with Crippen LogP contribution in [0.1, 0.15) is 0 Å². The van der Waals surface area contributed by atoms with Crippen LogP contribution in [0.2, 0.25) is 0 Å². The molecule has 0 amide bonds. The number of nitrogens with one attached hydrogen (secondary N) is 1. The smallest absolute Gasteiger partial charge is 0.108 e. The van der Waals surface area contributed by atoms with Crippen LogP contribution in [0.15, 0.2) is 18.3 Å². The van der Waals surface area contributed by atoms with Gasteiger partial charge in [0.25, 0.3) is 0 Å². The van der Waals surface area contributed by atoms with E-state index in [1.165, 1.54) is 0 Å². The molecule has 0 bridgehead atoms. The van der Waals surface area contributed by atoms with Gasteiger partial charge in [0.1, 0.15) is 0 Å². The Labute approximate surface area is 69.6 Å². The minimum Gasteiger partial charge on any atom is -0.484 e. The average Bonchev–Trinajstić information content (AvgIpc) is 2.17. The Balaban J connectivity index is 0.000000145. The fourth-order valence-corrected chi connectivity index (χ4v) is 0.241. The molecule has 0 saturated heterocycles. The van der Waals surface area contributed by atoms with Crippen LogP contribution in [0.3, 0.4) is 0 Å². The van der Waals surface area contributed by atoms with Gasteiger partial charge in [0.2, 0.25) is 0 Å². The van der Waals surface area contributed by atoms with Gasteiger partial charge in [-0.25, -0.2) is 0 Å². The molecule has 0 aliphatic heterocycles. The molecule has 0 aromatic carbocycles. The van der Waals surface area contributed by atoms with E-state index < -0.39 is 0 Å². The number of rotatable bonds is 0. The molecular formula is C4H4Br2NRu-. The predicted octanol–water partition coefficient (Wildman–Crippen LogP) is 2.50. The normalized spacial score (nSPS) is 7.75. The molecule has 1 aromatic heterocycles. The Kier molecular flexibility index (Phi) is 8.71. The maximum Gasteiger partial charge on any atom is -0.108 e. The molecule has 8 heavy (non-hydrogen) atoms. The number of hydrogen-bond acceptors (Lipinski definition) is 0. The molecule has 0 fully saturated rings. The van der Waals surface area contributed by atoms with E-state index in [-0.39, 0.29) is 0 Å². The molecule has 0 atom stereocenters. The first kappa shape index (κ1) is 8.86. The summed E-state index contributed by atoms with van der Waals surface area (Å²) in [5.74, 6) is 0. The van der Waals surface area contributed by atoms with Crippen LogP contribution in [0.4, 0.5) is 0 Å². The molecule has 0 unspecified atom stereocenters. The minimum absolute atomic E-state index is 0.335. The van der Waals surface area contributed by atoms with Crippen molar-refractivity contribution in [1.82, 2.24) is 4.98 Å². The second-order valence-corrected chi connectivity index (χ2v) is 8.88. The summed E-state index contributed by atoms with van der Waals surface area (Å²) in [7, 11) is 0. The molecule has 48 valence electrons. The quantitative estimate of drug-likeness (QED) is 0.557. The molecule has 1 heterocycles. The maximum atomic E-state index is 3.15. The zero-order valence-corrected chi connectivity index (χ0v) is 8.75. The Morgan fingerprint density at radius 3 is 2.25 bits per heavy atom. The van der Waals surface area contributed by atoms with Crippen LogP contribution in [-0.2, 0) is 13.2 Å². The van der Waals surface area contributed by atoms with Crippen molar-refractivity contribution in [3.63, 3.8) is 0 Å². The van der Waals surface area contributed by atoms with Gasteiger partial charge in [-0.1, -0.05) is 0 Å². The summed E-state index contributed by atoms with van der Waals surface area (Å²) < 4.78 is 0. The number of H-pyrrole nitrogens is 1. The zero-order chi connectivity index (χ0) is 6.24. The minimum atomic E-state index is 0.335. The number of halogens is 2. The molecule has 4 heteroatoms. The standard InChI is InChI=1S/C4H4N.2BrH.Ru/c1-2-4-5-3-1;;;/h1-3,5H;2*1H;/q-1;;;+2/p-2. The summed E-state index contributed by atoms with van der Waals surface area (Å²) in [5.41, 5.74) is 0. The molecule has 0 spiro atoms. The second kappa shape index (κ2) is 7.86. The Hall–Kier alpha value is 0.863. The fraction of sp³-hybridized carbons (Fsp3) is 0. The summed E-state index contributed by atoms with van der Waals surface area (Å²) >= 11 is 6.64. The summed E-state index contributed by atoms with van der Waals surface area (Å²) in [4.78, 5) is 2.74.